The highest BCUT2D eigenvalue weighted by atomic mass is 32.2. The molecule has 32 heavy (non-hydrogen) atoms. The molecule has 0 saturated carbocycles. The highest BCUT2D eigenvalue weighted by Gasteiger charge is 2.30. The number of carbonyl (C=O) groups is 2. The molecule has 0 N–H and O–H groups in total. The lowest BCUT2D eigenvalue weighted by molar-refractivity contribution is -0.150. The molecule has 1 amide bonds. The second-order valence-electron chi connectivity index (χ2n) is 6.99. The van der Waals surface area contributed by atoms with Gasteiger partial charge >= 0.3 is 5.97 Å². The normalized spacial score (nSPS) is 15.1. The van der Waals surface area contributed by atoms with Crippen molar-refractivity contribution in [3.63, 3.8) is 0 Å². The van der Waals surface area contributed by atoms with Crippen molar-refractivity contribution >= 4 is 44.8 Å². The number of nitrogens with zero attached hydrogens (tertiary/aromatic N) is 3. The van der Waals surface area contributed by atoms with Gasteiger partial charge in [0.2, 0.25) is 10.0 Å². The number of fused-ring (bicyclic) bond motifs is 1. The van der Waals surface area contributed by atoms with Crippen LogP contribution in [0.5, 0.6) is 0 Å². The van der Waals surface area contributed by atoms with Gasteiger partial charge < -0.3 is 14.1 Å². The first-order valence-corrected chi connectivity index (χ1v) is 12.3. The van der Waals surface area contributed by atoms with Crippen LogP contribution >= 0.6 is 11.8 Å². The van der Waals surface area contributed by atoms with Gasteiger partial charge in [0.15, 0.2) is 12.2 Å². The number of ether oxygens (including phenoxy) is 1. The van der Waals surface area contributed by atoms with Gasteiger partial charge in [0.1, 0.15) is 11.3 Å². The van der Waals surface area contributed by atoms with Crippen molar-refractivity contribution in [1.82, 2.24) is 14.2 Å². The molecule has 9 nitrogen and oxygen atoms in total. The number of piperazine rings is 1. The van der Waals surface area contributed by atoms with Gasteiger partial charge in [-0.1, -0.05) is 42.1 Å². The predicted molar refractivity (Wildman–Crippen MR) is 117 cm³/mol. The Labute approximate surface area is 189 Å². The van der Waals surface area contributed by atoms with Gasteiger partial charge in [0.05, 0.1) is 4.90 Å². The molecule has 1 aliphatic rings. The van der Waals surface area contributed by atoms with Crippen molar-refractivity contribution in [3.05, 3.63) is 54.6 Å². The van der Waals surface area contributed by atoms with E-state index in [2.05, 4.69) is 4.98 Å². The number of rotatable bonds is 7. The monoisotopic (exact) mass is 475 g/mol. The first-order chi connectivity index (χ1) is 15.4. The quantitative estimate of drug-likeness (QED) is 0.377. The third kappa shape index (κ3) is 5.12. The number of carbonyl (C=O) groups excluding carboxylic acids is 2. The molecule has 0 atom stereocenters. The van der Waals surface area contributed by atoms with Gasteiger partial charge in [-0.15, -0.1) is 0 Å². The number of hydrogen-bond donors (Lipinski definition) is 0. The molecule has 0 spiro atoms. The summed E-state index contributed by atoms with van der Waals surface area (Å²) in [6, 6.07) is 15.5. The number of thioether (sulfide) groups is 1. The summed E-state index contributed by atoms with van der Waals surface area (Å²) >= 11 is 1.09. The third-order valence-corrected chi connectivity index (χ3v) is 7.63. The van der Waals surface area contributed by atoms with Crippen LogP contribution in [0.15, 0.2) is 69.1 Å². The molecule has 4 rings (SSSR count). The van der Waals surface area contributed by atoms with Crippen LogP contribution in [0, 0.1) is 0 Å². The van der Waals surface area contributed by atoms with Gasteiger partial charge in [0.25, 0.3) is 11.1 Å². The minimum atomic E-state index is -3.59. The largest absolute Gasteiger partial charge is 0.455 e. The van der Waals surface area contributed by atoms with Crippen LogP contribution < -0.4 is 0 Å². The Morgan fingerprint density at radius 3 is 2.41 bits per heavy atom. The molecular weight excluding hydrogens is 454 g/mol. The van der Waals surface area contributed by atoms with Crippen LogP contribution in [-0.4, -0.2) is 73.0 Å². The zero-order chi connectivity index (χ0) is 22.6. The fourth-order valence-electron chi connectivity index (χ4n) is 3.23. The zero-order valence-corrected chi connectivity index (χ0v) is 18.7. The minimum absolute atomic E-state index is 0.0385. The zero-order valence-electron chi connectivity index (χ0n) is 17.0. The maximum atomic E-state index is 12.7. The summed E-state index contributed by atoms with van der Waals surface area (Å²) in [5, 5.41) is 0.352. The van der Waals surface area contributed by atoms with Crippen LogP contribution in [-0.2, 0) is 24.3 Å². The summed E-state index contributed by atoms with van der Waals surface area (Å²) in [4.78, 5) is 30.3. The molecule has 0 aliphatic carbocycles. The van der Waals surface area contributed by atoms with Crippen LogP contribution in [0.2, 0.25) is 0 Å². The van der Waals surface area contributed by atoms with Crippen molar-refractivity contribution in [3.8, 4) is 0 Å². The van der Waals surface area contributed by atoms with E-state index in [0.29, 0.717) is 16.3 Å². The molecule has 11 heteroatoms. The van der Waals surface area contributed by atoms with Crippen LogP contribution in [0.4, 0.5) is 0 Å². The molecule has 2 aromatic carbocycles. The Hall–Kier alpha value is -2.89. The lowest BCUT2D eigenvalue weighted by Crippen LogP contribution is -2.51. The summed E-state index contributed by atoms with van der Waals surface area (Å²) in [7, 11) is -3.59. The minimum Gasteiger partial charge on any atom is -0.455 e. The number of para-hydroxylation sites is 2. The maximum Gasteiger partial charge on any atom is 0.316 e. The molecule has 1 aromatic heterocycles. The van der Waals surface area contributed by atoms with Gasteiger partial charge in [0, 0.05) is 26.2 Å². The fourth-order valence-corrected chi connectivity index (χ4v) is 5.31. The van der Waals surface area contributed by atoms with E-state index in [9.17, 15) is 18.0 Å². The number of oxazole rings is 1. The van der Waals surface area contributed by atoms with E-state index in [-0.39, 0.29) is 42.7 Å². The number of benzene rings is 2. The number of aromatic nitrogens is 1. The predicted octanol–water partition coefficient (Wildman–Crippen LogP) is 2.00. The summed E-state index contributed by atoms with van der Waals surface area (Å²) in [5.41, 5.74) is 1.33. The lowest BCUT2D eigenvalue weighted by Gasteiger charge is -2.33. The molecular formula is C21H21N3O6S2. The average molecular weight is 476 g/mol. The molecule has 0 bridgehead atoms. The average Bonchev–Trinajstić information content (AvgIpc) is 3.25. The topological polar surface area (TPSA) is 110 Å². The molecule has 1 saturated heterocycles. The third-order valence-electron chi connectivity index (χ3n) is 4.92. The van der Waals surface area contributed by atoms with Crippen molar-refractivity contribution < 1.29 is 27.2 Å². The molecule has 0 radical (unpaired) electrons. The van der Waals surface area contributed by atoms with E-state index >= 15 is 0 Å². The summed E-state index contributed by atoms with van der Waals surface area (Å²) in [6.07, 6.45) is 0. The summed E-state index contributed by atoms with van der Waals surface area (Å²) in [6.45, 7) is 0.452. The maximum absolute atomic E-state index is 12.7. The van der Waals surface area contributed by atoms with Crippen molar-refractivity contribution in [2.75, 3.05) is 38.5 Å². The second-order valence-corrected chi connectivity index (χ2v) is 9.86. The Morgan fingerprint density at radius 2 is 1.69 bits per heavy atom. The lowest BCUT2D eigenvalue weighted by atomic mass is 10.3. The van der Waals surface area contributed by atoms with Gasteiger partial charge in [-0.2, -0.15) is 4.31 Å². The van der Waals surface area contributed by atoms with Crippen LogP contribution in [0.3, 0.4) is 0 Å². The Bertz CT molecular complexity index is 1170. The SMILES string of the molecule is O=C(CSc1nc2ccccc2o1)OCC(=O)N1CCN(S(=O)(=O)c2ccccc2)CC1. The number of amides is 1. The van der Waals surface area contributed by atoms with Crippen molar-refractivity contribution in [2.45, 2.75) is 10.1 Å². The van der Waals surface area contributed by atoms with E-state index in [4.69, 9.17) is 9.15 Å². The first kappa shape index (κ1) is 22.3. The molecule has 3 aromatic rings. The number of hydrogen-bond acceptors (Lipinski definition) is 8. The van der Waals surface area contributed by atoms with Crippen molar-refractivity contribution in [2.24, 2.45) is 0 Å². The van der Waals surface area contributed by atoms with E-state index in [1.165, 1.54) is 9.21 Å². The van der Waals surface area contributed by atoms with E-state index in [1.807, 2.05) is 18.2 Å². The first-order valence-electron chi connectivity index (χ1n) is 9.90. The van der Waals surface area contributed by atoms with E-state index in [1.54, 1.807) is 36.4 Å². The molecule has 2 heterocycles. The Balaban J connectivity index is 1.21. The molecule has 1 aliphatic heterocycles. The van der Waals surface area contributed by atoms with Gasteiger partial charge in [-0.25, -0.2) is 13.4 Å². The van der Waals surface area contributed by atoms with Crippen LogP contribution in [0.25, 0.3) is 11.1 Å². The van der Waals surface area contributed by atoms with E-state index in [0.717, 1.165) is 11.8 Å². The van der Waals surface area contributed by atoms with Gasteiger partial charge in [-0.05, 0) is 24.3 Å². The molecule has 0 unspecified atom stereocenters. The Kier molecular flexibility index (Phi) is 6.77. The number of sulfonamides is 1. The summed E-state index contributed by atoms with van der Waals surface area (Å²) in [5.74, 6) is -0.957. The summed E-state index contributed by atoms with van der Waals surface area (Å²) < 4.78 is 37.3. The smallest absolute Gasteiger partial charge is 0.316 e. The van der Waals surface area contributed by atoms with E-state index < -0.39 is 22.6 Å². The highest BCUT2D eigenvalue weighted by Crippen LogP contribution is 2.23. The standard InChI is InChI=1S/C21H21N3O6S2/c25-19(14-29-20(26)15-31-21-22-17-8-4-5-9-18(17)30-21)23-10-12-24(13-11-23)32(27,28)16-6-2-1-3-7-16/h1-9H,10-15H2. The van der Waals surface area contributed by atoms with Gasteiger partial charge in [-0.3, -0.25) is 9.59 Å². The van der Waals surface area contributed by atoms with Crippen LogP contribution in [0.1, 0.15) is 0 Å². The van der Waals surface area contributed by atoms with Crippen molar-refractivity contribution in [1.29, 1.82) is 0 Å². The highest BCUT2D eigenvalue weighted by molar-refractivity contribution is 7.99. The second kappa shape index (κ2) is 9.72. The Morgan fingerprint density at radius 1 is 1.00 bits per heavy atom. The fraction of sp³-hybridized carbons (Fsp3) is 0.286. The molecule has 168 valence electrons. The number of esters is 1. The molecule has 1 fully saturated rings.